The van der Waals surface area contributed by atoms with Crippen molar-refractivity contribution in [1.29, 1.82) is 0 Å². The van der Waals surface area contributed by atoms with E-state index in [1.165, 1.54) is 29.2 Å². The van der Waals surface area contributed by atoms with E-state index in [1.807, 2.05) is 0 Å². The number of H-pyrrole nitrogens is 1. The number of hydrogen-bond acceptors (Lipinski definition) is 6. The number of amides is 2. The molecule has 0 aliphatic heterocycles. The normalized spacial score (nSPS) is 10.8. The summed E-state index contributed by atoms with van der Waals surface area (Å²) in [4.78, 5) is 29.9. The molecule has 10 nitrogen and oxygen atoms in total. The molecule has 3 heterocycles. The molecule has 0 atom stereocenters. The molecule has 0 unspecified atom stereocenters. The quantitative estimate of drug-likeness (QED) is 0.287. The lowest BCUT2D eigenvalue weighted by Gasteiger charge is -2.11. The molecular formula is C25H17ClF2N8O2. The van der Waals surface area contributed by atoms with Gasteiger partial charge in [0.2, 0.25) is 0 Å². The van der Waals surface area contributed by atoms with Crippen molar-refractivity contribution in [3.63, 3.8) is 0 Å². The van der Waals surface area contributed by atoms with E-state index in [4.69, 9.17) is 11.6 Å². The molecule has 190 valence electrons. The lowest BCUT2D eigenvalue weighted by Crippen LogP contribution is -2.23. The van der Waals surface area contributed by atoms with E-state index < -0.39 is 23.4 Å². The monoisotopic (exact) mass is 534 g/mol. The Labute approximate surface area is 218 Å². The molecule has 0 saturated carbocycles. The summed E-state index contributed by atoms with van der Waals surface area (Å²) in [6.45, 7) is 0.104. The summed E-state index contributed by atoms with van der Waals surface area (Å²) in [5.41, 5.74) is 0.443. The number of carbonyl (C=O) groups excluding carboxylic acids is 2. The molecule has 0 radical (unpaired) electrons. The number of hydrogen-bond donors (Lipinski definition) is 3. The van der Waals surface area contributed by atoms with Gasteiger partial charge in [0.25, 0.3) is 11.8 Å². The maximum absolute atomic E-state index is 14.6. The Bertz CT molecular complexity index is 1620. The molecule has 3 aromatic heterocycles. The number of benzene rings is 2. The van der Waals surface area contributed by atoms with E-state index in [0.717, 1.165) is 18.2 Å². The van der Waals surface area contributed by atoms with Crippen LogP contribution in [0.3, 0.4) is 0 Å². The molecule has 0 aliphatic rings. The number of aromatic nitrogens is 6. The average molecular weight is 535 g/mol. The number of anilines is 1. The summed E-state index contributed by atoms with van der Waals surface area (Å²) < 4.78 is 30.3. The molecule has 0 spiro atoms. The van der Waals surface area contributed by atoms with Crippen molar-refractivity contribution in [2.45, 2.75) is 6.54 Å². The number of halogens is 3. The van der Waals surface area contributed by atoms with Crippen LogP contribution in [-0.2, 0) is 6.54 Å². The first-order chi connectivity index (χ1) is 18.4. The Morgan fingerprint density at radius 1 is 1.00 bits per heavy atom. The third kappa shape index (κ3) is 5.11. The maximum Gasteiger partial charge on any atom is 0.272 e. The molecular weight excluding hydrogens is 518 g/mol. The highest BCUT2D eigenvalue weighted by Gasteiger charge is 2.22. The van der Waals surface area contributed by atoms with Crippen molar-refractivity contribution in [3.8, 4) is 16.9 Å². The van der Waals surface area contributed by atoms with Crippen LogP contribution in [0.5, 0.6) is 0 Å². The van der Waals surface area contributed by atoms with Gasteiger partial charge in [0.15, 0.2) is 5.69 Å². The largest absolute Gasteiger partial charge is 0.345 e. The van der Waals surface area contributed by atoms with E-state index in [1.54, 1.807) is 30.3 Å². The van der Waals surface area contributed by atoms with Crippen molar-refractivity contribution in [2.75, 3.05) is 5.32 Å². The molecule has 0 bridgehead atoms. The summed E-state index contributed by atoms with van der Waals surface area (Å²) in [7, 11) is 0. The second kappa shape index (κ2) is 10.6. The molecule has 3 N–H and O–H groups in total. The summed E-state index contributed by atoms with van der Waals surface area (Å²) in [6.07, 6.45) is 2.77. The highest BCUT2D eigenvalue weighted by Crippen LogP contribution is 2.30. The van der Waals surface area contributed by atoms with Gasteiger partial charge in [0.05, 0.1) is 29.0 Å². The van der Waals surface area contributed by atoms with Gasteiger partial charge in [0.1, 0.15) is 28.8 Å². The molecule has 2 amide bonds. The van der Waals surface area contributed by atoms with Gasteiger partial charge in [-0.1, -0.05) is 29.8 Å². The zero-order valence-corrected chi connectivity index (χ0v) is 20.1. The first-order valence-corrected chi connectivity index (χ1v) is 11.5. The fourth-order valence-corrected chi connectivity index (χ4v) is 3.83. The summed E-state index contributed by atoms with van der Waals surface area (Å²) in [5.74, 6) is -2.73. The van der Waals surface area contributed by atoms with Gasteiger partial charge in [-0.05, 0) is 36.4 Å². The Balaban J connectivity index is 1.47. The Morgan fingerprint density at radius 3 is 2.55 bits per heavy atom. The lowest BCUT2D eigenvalue weighted by atomic mass is 10.1. The number of rotatable bonds is 7. The highest BCUT2D eigenvalue weighted by molar-refractivity contribution is 6.34. The van der Waals surface area contributed by atoms with Gasteiger partial charge in [-0.25, -0.2) is 13.5 Å². The first-order valence-electron chi connectivity index (χ1n) is 11.1. The number of carbonyl (C=O) groups is 2. The first kappa shape index (κ1) is 24.7. The molecule has 0 aliphatic carbocycles. The Morgan fingerprint density at radius 2 is 1.82 bits per heavy atom. The second-order valence-electron chi connectivity index (χ2n) is 7.91. The van der Waals surface area contributed by atoms with Crippen molar-refractivity contribution < 1.29 is 18.4 Å². The average Bonchev–Trinajstić information content (AvgIpc) is 3.59. The maximum atomic E-state index is 14.6. The van der Waals surface area contributed by atoms with Crippen molar-refractivity contribution in [2.24, 2.45) is 0 Å². The summed E-state index contributed by atoms with van der Waals surface area (Å²) in [6, 6.07) is 14.7. The van der Waals surface area contributed by atoms with Crippen LogP contribution in [0.4, 0.5) is 14.6 Å². The van der Waals surface area contributed by atoms with Crippen LogP contribution >= 0.6 is 11.6 Å². The number of aromatic amines is 1. The third-order valence-corrected chi connectivity index (χ3v) is 5.71. The van der Waals surface area contributed by atoms with Crippen molar-refractivity contribution in [1.82, 2.24) is 35.5 Å². The van der Waals surface area contributed by atoms with Gasteiger partial charge in [-0.2, -0.15) is 20.5 Å². The van der Waals surface area contributed by atoms with E-state index >= 15 is 0 Å². The number of para-hydroxylation sites is 1. The van der Waals surface area contributed by atoms with Crippen LogP contribution in [0.2, 0.25) is 5.02 Å². The third-order valence-electron chi connectivity index (χ3n) is 5.39. The fraction of sp³-hybridized carbons (Fsp3) is 0.0400. The molecule has 2 aromatic carbocycles. The van der Waals surface area contributed by atoms with E-state index in [2.05, 4.69) is 36.1 Å². The fourth-order valence-electron chi connectivity index (χ4n) is 3.59. The minimum atomic E-state index is -0.843. The second-order valence-corrected chi connectivity index (χ2v) is 8.31. The molecule has 0 fully saturated rings. The van der Waals surface area contributed by atoms with Crippen molar-refractivity contribution >= 4 is 29.2 Å². The summed E-state index contributed by atoms with van der Waals surface area (Å²) in [5, 5.41) is 19.5. The van der Waals surface area contributed by atoms with Crippen molar-refractivity contribution in [3.05, 3.63) is 107 Å². The number of nitrogens with one attached hydrogen (secondary N) is 3. The van der Waals surface area contributed by atoms with Crippen LogP contribution in [-0.4, -0.2) is 42.0 Å². The standard InChI is InChI=1S/C25H17ClF2N8O2/c26-18-10-20(28)17(23-19(27)7-4-8-29-23)9-16(18)24(37)32-22-11-21(25(38)30-12-14-13-31-35-33-14)34-36(22)15-5-2-1-3-6-15/h1-11,13H,12H2,(H,30,38)(H,32,37)(H,31,33,35). The van der Waals surface area contributed by atoms with Gasteiger partial charge >= 0.3 is 0 Å². The number of pyridine rings is 1. The van der Waals surface area contributed by atoms with Crippen LogP contribution in [0, 0.1) is 11.6 Å². The smallest absolute Gasteiger partial charge is 0.272 e. The minimum absolute atomic E-state index is 0.00842. The highest BCUT2D eigenvalue weighted by atomic mass is 35.5. The van der Waals surface area contributed by atoms with Crippen LogP contribution in [0.25, 0.3) is 16.9 Å². The zero-order valence-electron chi connectivity index (χ0n) is 19.3. The zero-order chi connectivity index (χ0) is 26.6. The van der Waals surface area contributed by atoms with Crippen LogP contribution in [0.15, 0.2) is 73.1 Å². The van der Waals surface area contributed by atoms with E-state index in [0.29, 0.717) is 11.4 Å². The number of nitrogens with zero attached hydrogens (tertiary/aromatic N) is 5. The van der Waals surface area contributed by atoms with E-state index in [-0.39, 0.29) is 39.9 Å². The molecule has 38 heavy (non-hydrogen) atoms. The molecule has 13 heteroatoms. The predicted molar refractivity (Wildman–Crippen MR) is 134 cm³/mol. The molecule has 0 saturated heterocycles. The minimum Gasteiger partial charge on any atom is -0.345 e. The lowest BCUT2D eigenvalue weighted by molar-refractivity contribution is 0.0944. The van der Waals surface area contributed by atoms with Crippen LogP contribution < -0.4 is 10.6 Å². The van der Waals surface area contributed by atoms with Gasteiger partial charge in [0, 0.05) is 17.8 Å². The summed E-state index contributed by atoms with van der Waals surface area (Å²) >= 11 is 6.18. The molecule has 5 rings (SSSR count). The van der Waals surface area contributed by atoms with Crippen LogP contribution in [0.1, 0.15) is 26.5 Å². The van der Waals surface area contributed by atoms with Gasteiger partial charge in [-0.15, -0.1) is 0 Å². The predicted octanol–water partition coefficient (Wildman–Crippen LogP) is 4.17. The SMILES string of the molecule is O=C(NCc1cn[nH]n1)c1cc(NC(=O)c2cc(-c3ncccc3F)c(F)cc2Cl)n(-c2ccccc2)n1. The topological polar surface area (TPSA) is 130 Å². The van der Waals surface area contributed by atoms with Gasteiger partial charge < -0.3 is 10.6 Å². The Hall–Kier alpha value is -4.97. The van der Waals surface area contributed by atoms with Gasteiger partial charge in [-0.3, -0.25) is 14.6 Å². The van der Waals surface area contributed by atoms with E-state index in [9.17, 15) is 18.4 Å². The molecule has 5 aromatic rings. The Kier molecular flexibility index (Phi) is 6.87.